The van der Waals surface area contributed by atoms with E-state index in [0.717, 1.165) is 10.6 Å². The van der Waals surface area contributed by atoms with Gasteiger partial charge in [0.05, 0.1) is 18.8 Å². The molecule has 0 bridgehead atoms. The topological polar surface area (TPSA) is 38.0 Å². The Morgan fingerprint density at radius 3 is 2.53 bits per heavy atom. The zero-order chi connectivity index (χ0) is 10.7. The second-order valence-corrected chi connectivity index (χ2v) is 3.73. The average Bonchev–Trinajstić information content (AvgIpc) is 2.69. The Kier molecular flexibility index (Phi) is 3.04. The number of nitrogens with zero attached hydrogens (tertiary/aromatic N) is 2. The summed E-state index contributed by atoms with van der Waals surface area (Å²) in [5.74, 6) is 0. The van der Waals surface area contributed by atoms with Gasteiger partial charge in [-0.15, -0.1) is 0 Å². The van der Waals surface area contributed by atoms with Crippen LogP contribution in [0.5, 0.6) is 0 Å². The molecule has 0 aliphatic rings. The van der Waals surface area contributed by atoms with Gasteiger partial charge in [0.15, 0.2) is 0 Å². The number of hydrogen-bond donors (Lipinski definition) is 1. The van der Waals surface area contributed by atoms with Gasteiger partial charge >= 0.3 is 0 Å². The molecule has 0 atom stereocenters. The van der Waals surface area contributed by atoms with E-state index in [1.165, 1.54) is 0 Å². The van der Waals surface area contributed by atoms with Gasteiger partial charge in [0, 0.05) is 11.2 Å². The lowest BCUT2D eigenvalue weighted by molar-refractivity contribution is 0.275. The van der Waals surface area contributed by atoms with Crippen LogP contribution < -0.4 is 0 Å². The van der Waals surface area contributed by atoms with Crippen molar-refractivity contribution in [1.82, 2.24) is 9.78 Å². The predicted octanol–water partition coefficient (Wildman–Crippen LogP) is 2.08. The molecule has 1 heterocycles. The maximum Gasteiger partial charge on any atom is 0.0879 e. The van der Waals surface area contributed by atoms with Crippen molar-refractivity contribution in [3.63, 3.8) is 0 Å². The molecule has 0 aliphatic heterocycles. The maximum atomic E-state index is 8.86. The first kappa shape index (κ1) is 10.2. The van der Waals surface area contributed by atoms with Crippen LogP contribution in [-0.4, -0.2) is 14.9 Å². The van der Waals surface area contributed by atoms with Gasteiger partial charge in [0.2, 0.25) is 0 Å². The Morgan fingerprint density at radius 2 is 1.93 bits per heavy atom. The van der Waals surface area contributed by atoms with Crippen LogP contribution in [0.4, 0.5) is 0 Å². The average molecular weight is 223 g/mol. The highest BCUT2D eigenvalue weighted by Gasteiger charge is 1.98. The Labute approximate surface area is 92.9 Å². The smallest absolute Gasteiger partial charge is 0.0879 e. The van der Waals surface area contributed by atoms with E-state index < -0.39 is 0 Å². The summed E-state index contributed by atoms with van der Waals surface area (Å²) in [6, 6.07) is 9.43. The second-order valence-electron chi connectivity index (χ2n) is 3.29. The lowest BCUT2D eigenvalue weighted by Gasteiger charge is -2.01. The molecule has 1 aromatic heterocycles. The fraction of sp³-hybridized carbons (Fsp3) is 0.182. The van der Waals surface area contributed by atoms with Gasteiger partial charge in [-0.05, 0) is 23.8 Å². The molecule has 0 spiro atoms. The third-order valence-electron chi connectivity index (χ3n) is 2.12. The monoisotopic (exact) mass is 222 g/mol. The molecular weight excluding hydrogens is 212 g/mol. The van der Waals surface area contributed by atoms with Gasteiger partial charge in [-0.3, -0.25) is 4.68 Å². The highest BCUT2D eigenvalue weighted by molar-refractivity contribution is 6.30. The number of rotatable bonds is 3. The van der Waals surface area contributed by atoms with Crippen LogP contribution in [0, 0.1) is 0 Å². The number of aliphatic hydroxyl groups excluding tert-OH is 1. The van der Waals surface area contributed by atoms with Crippen LogP contribution in [0.15, 0.2) is 36.5 Å². The molecule has 0 amide bonds. The summed E-state index contributed by atoms with van der Waals surface area (Å²) in [4.78, 5) is 0. The molecule has 0 radical (unpaired) electrons. The third-order valence-corrected chi connectivity index (χ3v) is 2.37. The van der Waals surface area contributed by atoms with E-state index in [4.69, 9.17) is 16.7 Å². The molecule has 0 saturated heterocycles. The molecule has 0 aliphatic carbocycles. The van der Waals surface area contributed by atoms with Crippen molar-refractivity contribution in [2.45, 2.75) is 13.2 Å². The van der Waals surface area contributed by atoms with Crippen molar-refractivity contribution in [3.8, 4) is 0 Å². The van der Waals surface area contributed by atoms with Gasteiger partial charge in [0.25, 0.3) is 0 Å². The summed E-state index contributed by atoms with van der Waals surface area (Å²) in [6.07, 6.45) is 1.85. The first-order valence-electron chi connectivity index (χ1n) is 4.65. The molecule has 3 nitrogen and oxygen atoms in total. The van der Waals surface area contributed by atoms with Crippen molar-refractivity contribution in [2.24, 2.45) is 0 Å². The van der Waals surface area contributed by atoms with Crippen molar-refractivity contribution in [1.29, 1.82) is 0 Å². The Bertz CT molecular complexity index is 436. The highest BCUT2D eigenvalue weighted by Crippen LogP contribution is 2.10. The summed E-state index contributed by atoms with van der Waals surface area (Å²) in [7, 11) is 0. The minimum absolute atomic E-state index is 0.0202. The van der Waals surface area contributed by atoms with Crippen LogP contribution in [0.3, 0.4) is 0 Å². The van der Waals surface area contributed by atoms with Crippen molar-refractivity contribution in [3.05, 3.63) is 52.8 Å². The molecule has 78 valence electrons. The molecular formula is C11H11ClN2O. The highest BCUT2D eigenvalue weighted by atomic mass is 35.5. The summed E-state index contributed by atoms with van der Waals surface area (Å²) in [5.41, 5.74) is 1.82. The van der Waals surface area contributed by atoms with Crippen molar-refractivity contribution >= 4 is 11.6 Å². The minimum atomic E-state index is -0.0202. The van der Waals surface area contributed by atoms with Crippen LogP contribution in [0.2, 0.25) is 5.02 Å². The zero-order valence-corrected chi connectivity index (χ0v) is 8.85. The number of aliphatic hydroxyl groups is 1. The molecule has 4 heteroatoms. The SMILES string of the molecule is OCc1ccn(Cc2ccc(Cl)cc2)n1. The Hall–Kier alpha value is -1.32. The lowest BCUT2D eigenvalue weighted by atomic mass is 10.2. The Morgan fingerprint density at radius 1 is 1.20 bits per heavy atom. The Balaban J connectivity index is 2.11. The van der Waals surface area contributed by atoms with E-state index in [-0.39, 0.29) is 6.61 Å². The molecule has 0 saturated carbocycles. The van der Waals surface area contributed by atoms with E-state index in [1.807, 2.05) is 30.5 Å². The summed E-state index contributed by atoms with van der Waals surface area (Å²) >= 11 is 5.79. The van der Waals surface area contributed by atoms with E-state index in [2.05, 4.69) is 5.10 Å². The maximum absolute atomic E-state index is 8.86. The summed E-state index contributed by atoms with van der Waals surface area (Å²) < 4.78 is 1.79. The third kappa shape index (κ3) is 2.58. The van der Waals surface area contributed by atoms with Crippen molar-refractivity contribution < 1.29 is 5.11 Å². The predicted molar refractivity (Wildman–Crippen MR) is 58.7 cm³/mol. The number of halogens is 1. The van der Waals surface area contributed by atoms with Gasteiger partial charge in [-0.2, -0.15) is 5.10 Å². The largest absolute Gasteiger partial charge is 0.390 e. The quantitative estimate of drug-likeness (QED) is 0.864. The lowest BCUT2D eigenvalue weighted by Crippen LogP contribution is -2.00. The molecule has 1 N–H and O–H groups in total. The van der Waals surface area contributed by atoms with Crippen LogP contribution in [0.1, 0.15) is 11.3 Å². The summed E-state index contributed by atoms with van der Waals surface area (Å²) in [5, 5.41) is 13.8. The van der Waals surface area contributed by atoms with Gasteiger partial charge in [-0.25, -0.2) is 0 Å². The van der Waals surface area contributed by atoms with E-state index >= 15 is 0 Å². The van der Waals surface area contributed by atoms with E-state index in [9.17, 15) is 0 Å². The molecule has 0 fully saturated rings. The number of hydrogen-bond acceptors (Lipinski definition) is 2. The van der Waals surface area contributed by atoms with Gasteiger partial charge in [0.1, 0.15) is 0 Å². The summed E-state index contributed by atoms with van der Waals surface area (Å²) in [6.45, 7) is 0.671. The van der Waals surface area contributed by atoms with Crippen LogP contribution in [0.25, 0.3) is 0 Å². The number of benzene rings is 1. The normalized spacial score (nSPS) is 10.5. The molecule has 0 unspecified atom stereocenters. The second kappa shape index (κ2) is 4.47. The number of aromatic nitrogens is 2. The zero-order valence-electron chi connectivity index (χ0n) is 8.10. The first-order chi connectivity index (χ1) is 7.28. The fourth-order valence-electron chi connectivity index (χ4n) is 1.35. The van der Waals surface area contributed by atoms with Crippen LogP contribution >= 0.6 is 11.6 Å². The molecule has 2 aromatic rings. The molecule has 1 aromatic carbocycles. The first-order valence-corrected chi connectivity index (χ1v) is 5.03. The van der Waals surface area contributed by atoms with Gasteiger partial charge < -0.3 is 5.11 Å². The molecule has 15 heavy (non-hydrogen) atoms. The van der Waals surface area contributed by atoms with E-state index in [1.54, 1.807) is 10.7 Å². The standard InChI is InChI=1S/C11H11ClN2O/c12-10-3-1-9(2-4-10)7-14-6-5-11(8-15)13-14/h1-6,15H,7-8H2. The van der Waals surface area contributed by atoms with Crippen molar-refractivity contribution in [2.75, 3.05) is 0 Å². The van der Waals surface area contributed by atoms with Crippen LogP contribution in [-0.2, 0) is 13.2 Å². The van der Waals surface area contributed by atoms with E-state index in [0.29, 0.717) is 12.2 Å². The fourth-order valence-corrected chi connectivity index (χ4v) is 1.48. The molecule has 2 rings (SSSR count). The van der Waals surface area contributed by atoms with Gasteiger partial charge in [-0.1, -0.05) is 23.7 Å². The minimum Gasteiger partial charge on any atom is -0.390 e.